The molecule has 1 aliphatic heterocycles. The molecule has 1 heterocycles. The minimum absolute atomic E-state index is 0.0404. The molecule has 1 unspecified atom stereocenters. The molecule has 0 saturated carbocycles. The van der Waals surface area contributed by atoms with E-state index in [9.17, 15) is 9.59 Å². The Morgan fingerprint density at radius 1 is 1.47 bits per heavy atom. The van der Waals surface area contributed by atoms with Crippen molar-refractivity contribution in [1.82, 2.24) is 10.2 Å². The molecule has 98 valence electrons. The van der Waals surface area contributed by atoms with Gasteiger partial charge in [0, 0.05) is 19.1 Å². The van der Waals surface area contributed by atoms with Crippen LogP contribution in [0.2, 0.25) is 0 Å². The number of nitrogens with one attached hydrogen (secondary N) is 1. The summed E-state index contributed by atoms with van der Waals surface area (Å²) in [5, 5.41) is 11.4. The predicted molar refractivity (Wildman–Crippen MR) is 61.9 cm³/mol. The average molecular weight is 244 g/mol. The van der Waals surface area contributed by atoms with Crippen LogP contribution in [0.4, 0.5) is 4.79 Å². The number of hydrogen-bond acceptors (Lipinski definition) is 4. The van der Waals surface area contributed by atoms with Crippen molar-refractivity contribution in [3.8, 4) is 0 Å². The van der Waals surface area contributed by atoms with Gasteiger partial charge in [-0.15, -0.1) is 0 Å². The number of carboxylic acid groups (broad SMARTS) is 1. The van der Waals surface area contributed by atoms with E-state index in [0.29, 0.717) is 13.1 Å². The van der Waals surface area contributed by atoms with Gasteiger partial charge in [-0.2, -0.15) is 0 Å². The molecular weight excluding hydrogens is 224 g/mol. The SMILES string of the molecule is CC(C)(C)OC(=O)N1CCC(NCC(=O)O)C1. The number of rotatable bonds is 3. The lowest BCUT2D eigenvalue weighted by atomic mass is 10.2. The molecule has 0 aromatic carbocycles. The van der Waals surface area contributed by atoms with E-state index in [2.05, 4.69) is 5.32 Å². The smallest absolute Gasteiger partial charge is 0.410 e. The molecule has 0 spiro atoms. The summed E-state index contributed by atoms with van der Waals surface area (Å²) in [6, 6.07) is 0.0404. The van der Waals surface area contributed by atoms with Crippen LogP contribution >= 0.6 is 0 Å². The Balaban J connectivity index is 2.34. The van der Waals surface area contributed by atoms with Crippen molar-refractivity contribution in [2.24, 2.45) is 0 Å². The molecule has 0 aliphatic carbocycles. The third kappa shape index (κ3) is 5.04. The van der Waals surface area contributed by atoms with Crippen LogP contribution < -0.4 is 5.32 Å². The zero-order valence-electron chi connectivity index (χ0n) is 10.5. The van der Waals surface area contributed by atoms with Crippen LogP contribution in [-0.2, 0) is 9.53 Å². The molecule has 1 atom stereocenters. The van der Waals surface area contributed by atoms with Crippen molar-refractivity contribution in [2.45, 2.75) is 38.8 Å². The first-order chi connectivity index (χ1) is 7.78. The standard InChI is InChI=1S/C11H20N2O4/c1-11(2,3)17-10(16)13-5-4-8(7-13)12-6-9(14)15/h8,12H,4-7H2,1-3H3,(H,14,15). The fraction of sp³-hybridized carbons (Fsp3) is 0.818. The van der Waals surface area contributed by atoms with Crippen LogP contribution in [0.25, 0.3) is 0 Å². The number of carbonyl (C=O) groups excluding carboxylic acids is 1. The molecule has 6 heteroatoms. The number of aliphatic carboxylic acids is 1. The highest BCUT2D eigenvalue weighted by atomic mass is 16.6. The minimum atomic E-state index is -0.888. The quantitative estimate of drug-likeness (QED) is 0.763. The van der Waals surface area contributed by atoms with Crippen molar-refractivity contribution in [3.63, 3.8) is 0 Å². The third-order valence-corrected chi connectivity index (χ3v) is 2.38. The minimum Gasteiger partial charge on any atom is -0.480 e. The summed E-state index contributed by atoms with van der Waals surface area (Å²) in [4.78, 5) is 23.7. The lowest BCUT2D eigenvalue weighted by molar-refractivity contribution is -0.136. The van der Waals surface area contributed by atoms with Gasteiger partial charge in [-0.1, -0.05) is 0 Å². The second kappa shape index (κ2) is 5.35. The van der Waals surface area contributed by atoms with Gasteiger partial charge in [0.1, 0.15) is 5.60 Å². The lowest BCUT2D eigenvalue weighted by Crippen LogP contribution is -2.39. The Labute approximate surface area is 101 Å². The maximum Gasteiger partial charge on any atom is 0.410 e. The zero-order valence-corrected chi connectivity index (χ0v) is 10.5. The van der Waals surface area contributed by atoms with Crippen LogP contribution in [0.15, 0.2) is 0 Å². The molecule has 1 rings (SSSR count). The van der Waals surface area contributed by atoms with Gasteiger partial charge in [0.15, 0.2) is 0 Å². The number of hydrogen-bond donors (Lipinski definition) is 2. The van der Waals surface area contributed by atoms with E-state index in [-0.39, 0.29) is 18.7 Å². The molecule has 0 aromatic heterocycles. The molecule has 1 amide bonds. The van der Waals surface area contributed by atoms with E-state index in [0.717, 1.165) is 6.42 Å². The Hall–Kier alpha value is -1.30. The Morgan fingerprint density at radius 3 is 2.65 bits per heavy atom. The van der Waals surface area contributed by atoms with E-state index in [1.165, 1.54) is 0 Å². The summed E-state index contributed by atoms with van der Waals surface area (Å²) in [6.07, 6.45) is 0.420. The van der Waals surface area contributed by atoms with E-state index < -0.39 is 11.6 Å². The molecule has 0 radical (unpaired) electrons. The largest absolute Gasteiger partial charge is 0.480 e. The summed E-state index contributed by atoms with van der Waals surface area (Å²) >= 11 is 0. The lowest BCUT2D eigenvalue weighted by Gasteiger charge is -2.24. The van der Waals surface area contributed by atoms with Gasteiger partial charge >= 0.3 is 12.1 Å². The van der Waals surface area contributed by atoms with Crippen molar-refractivity contribution in [3.05, 3.63) is 0 Å². The second-order valence-electron chi connectivity index (χ2n) is 5.19. The summed E-state index contributed by atoms with van der Waals surface area (Å²) in [5.41, 5.74) is -0.496. The van der Waals surface area contributed by atoms with Crippen molar-refractivity contribution in [1.29, 1.82) is 0 Å². The van der Waals surface area contributed by atoms with Gasteiger partial charge in [-0.3, -0.25) is 4.79 Å². The van der Waals surface area contributed by atoms with Crippen molar-refractivity contribution < 1.29 is 19.4 Å². The number of ether oxygens (including phenoxy) is 1. The number of nitrogens with zero attached hydrogens (tertiary/aromatic N) is 1. The fourth-order valence-electron chi connectivity index (χ4n) is 1.65. The third-order valence-electron chi connectivity index (χ3n) is 2.38. The van der Waals surface area contributed by atoms with Gasteiger partial charge in [0.25, 0.3) is 0 Å². The highest BCUT2D eigenvalue weighted by Gasteiger charge is 2.29. The summed E-state index contributed by atoms with van der Waals surface area (Å²) in [6.45, 7) is 6.49. The summed E-state index contributed by atoms with van der Waals surface area (Å²) in [7, 11) is 0. The van der Waals surface area contributed by atoms with E-state index in [1.54, 1.807) is 4.90 Å². The Morgan fingerprint density at radius 2 is 2.12 bits per heavy atom. The van der Waals surface area contributed by atoms with Crippen LogP contribution in [0.1, 0.15) is 27.2 Å². The first kappa shape index (κ1) is 13.8. The molecule has 6 nitrogen and oxygen atoms in total. The highest BCUT2D eigenvalue weighted by Crippen LogP contribution is 2.15. The molecular formula is C11H20N2O4. The van der Waals surface area contributed by atoms with Crippen molar-refractivity contribution in [2.75, 3.05) is 19.6 Å². The van der Waals surface area contributed by atoms with E-state index in [4.69, 9.17) is 9.84 Å². The number of carbonyl (C=O) groups is 2. The molecule has 1 fully saturated rings. The maximum absolute atomic E-state index is 11.7. The molecule has 1 aliphatic rings. The summed E-state index contributed by atoms with van der Waals surface area (Å²) < 4.78 is 5.24. The highest BCUT2D eigenvalue weighted by molar-refractivity contribution is 5.69. The fourth-order valence-corrected chi connectivity index (χ4v) is 1.65. The Kier molecular flexibility index (Phi) is 4.34. The van der Waals surface area contributed by atoms with E-state index >= 15 is 0 Å². The average Bonchev–Trinajstić information content (AvgIpc) is 2.60. The van der Waals surface area contributed by atoms with Crippen LogP contribution in [0, 0.1) is 0 Å². The molecule has 1 saturated heterocycles. The van der Waals surface area contributed by atoms with Gasteiger partial charge in [-0.25, -0.2) is 4.79 Å². The number of likely N-dealkylation sites (tertiary alicyclic amines) is 1. The molecule has 0 bridgehead atoms. The zero-order chi connectivity index (χ0) is 13.1. The number of carboxylic acids is 1. The van der Waals surface area contributed by atoms with Gasteiger partial charge in [0.05, 0.1) is 6.54 Å². The topological polar surface area (TPSA) is 78.9 Å². The van der Waals surface area contributed by atoms with Gasteiger partial charge < -0.3 is 20.1 Å². The Bertz CT molecular complexity index is 298. The molecule has 17 heavy (non-hydrogen) atoms. The van der Waals surface area contributed by atoms with Gasteiger partial charge in [0.2, 0.25) is 0 Å². The first-order valence-corrected chi connectivity index (χ1v) is 5.71. The normalized spacial score (nSPS) is 20.4. The van der Waals surface area contributed by atoms with E-state index in [1.807, 2.05) is 20.8 Å². The van der Waals surface area contributed by atoms with Crippen LogP contribution in [-0.4, -0.2) is 53.3 Å². The predicted octanol–water partition coefficient (Wildman–Crippen LogP) is 0.670. The molecule has 0 aromatic rings. The van der Waals surface area contributed by atoms with Gasteiger partial charge in [-0.05, 0) is 27.2 Å². The van der Waals surface area contributed by atoms with Crippen LogP contribution in [0.5, 0.6) is 0 Å². The second-order valence-corrected chi connectivity index (χ2v) is 5.19. The maximum atomic E-state index is 11.7. The molecule has 2 N–H and O–H groups in total. The van der Waals surface area contributed by atoms with Crippen LogP contribution in [0.3, 0.4) is 0 Å². The monoisotopic (exact) mass is 244 g/mol. The van der Waals surface area contributed by atoms with Crippen molar-refractivity contribution >= 4 is 12.1 Å². The summed E-state index contributed by atoms with van der Waals surface area (Å²) in [5.74, 6) is -0.888. The number of amides is 1. The first-order valence-electron chi connectivity index (χ1n) is 5.71.